The molecule has 3 rings (SSSR count). The molecule has 3 aromatic rings. The number of hydrogen-bond donors (Lipinski definition) is 0. The van der Waals surface area contributed by atoms with Crippen LogP contribution in [0.4, 0.5) is 13.2 Å². The van der Waals surface area contributed by atoms with Gasteiger partial charge in [0.15, 0.2) is 5.76 Å². The second-order valence-corrected chi connectivity index (χ2v) is 5.27. The Morgan fingerprint density at radius 3 is 2.21 bits per heavy atom. The molecule has 5 heteroatoms. The van der Waals surface area contributed by atoms with Gasteiger partial charge in [0.05, 0.1) is 5.56 Å². The van der Waals surface area contributed by atoms with Gasteiger partial charge in [-0.05, 0) is 18.6 Å². The second kappa shape index (κ2) is 6.35. The Kier molecular flexibility index (Phi) is 4.25. The van der Waals surface area contributed by atoms with Crippen molar-refractivity contribution in [2.24, 2.45) is 0 Å². The SMILES string of the molecule is C=CCc1c(-c2ccc(C(F)(F)F)cc2)noc1-c1ccccc1. The lowest BCUT2D eigenvalue weighted by Gasteiger charge is -2.07. The molecule has 0 saturated heterocycles. The quantitative estimate of drug-likeness (QED) is 0.569. The number of rotatable bonds is 4. The number of benzene rings is 2. The molecule has 24 heavy (non-hydrogen) atoms. The summed E-state index contributed by atoms with van der Waals surface area (Å²) >= 11 is 0. The molecule has 0 aliphatic carbocycles. The molecule has 1 heterocycles. The van der Waals surface area contributed by atoms with Gasteiger partial charge in [-0.25, -0.2) is 0 Å². The summed E-state index contributed by atoms with van der Waals surface area (Å²) in [4.78, 5) is 0. The van der Waals surface area contributed by atoms with Crippen molar-refractivity contribution in [1.29, 1.82) is 0 Å². The van der Waals surface area contributed by atoms with Crippen LogP contribution in [0.2, 0.25) is 0 Å². The highest BCUT2D eigenvalue weighted by atomic mass is 19.4. The molecule has 0 aliphatic rings. The third kappa shape index (κ3) is 3.11. The highest BCUT2D eigenvalue weighted by molar-refractivity contribution is 5.73. The van der Waals surface area contributed by atoms with Gasteiger partial charge in [0.25, 0.3) is 0 Å². The van der Waals surface area contributed by atoms with Crippen molar-refractivity contribution >= 4 is 0 Å². The summed E-state index contributed by atoms with van der Waals surface area (Å²) in [6.07, 6.45) is -2.14. The predicted molar refractivity (Wildman–Crippen MR) is 86.3 cm³/mol. The topological polar surface area (TPSA) is 26.0 Å². The zero-order chi connectivity index (χ0) is 17.2. The Hall–Kier alpha value is -2.82. The number of alkyl halides is 3. The van der Waals surface area contributed by atoms with Gasteiger partial charge in [0.1, 0.15) is 5.69 Å². The summed E-state index contributed by atoms with van der Waals surface area (Å²) in [7, 11) is 0. The van der Waals surface area contributed by atoms with E-state index in [-0.39, 0.29) is 0 Å². The van der Waals surface area contributed by atoms with E-state index in [0.29, 0.717) is 23.4 Å². The minimum absolute atomic E-state index is 0.504. The molecule has 0 bridgehead atoms. The van der Waals surface area contributed by atoms with E-state index in [4.69, 9.17) is 4.52 Å². The van der Waals surface area contributed by atoms with Crippen LogP contribution < -0.4 is 0 Å². The van der Waals surface area contributed by atoms with E-state index < -0.39 is 11.7 Å². The molecule has 2 nitrogen and oxygen atoms in total. The fourth-order valence-electron chi connectivity index (χ4n) is 2.50. The highest BCUT2D eigenvalue weighted by Crippen LogP contribution is 2.35. The first-order valence-electron chi connectivity index (χ1n) is 7.33. The van der Waals surface area contributed by atoms with Gasteiger partial charge >= 0.3 is 6.18 Å². The van der Waals surface area contributed by atoms with Crippen LogP contribution in [0.15, 0.2) is 71.8 Å². The number of allylic oxidation sites excluding steroid dienone is 1. The van der Waals surface area contributed by atoms with Gasteiger partial charge in [-0.15, -0.1) is 6.58 Å². The third-order valence-electron chi connectivity index (χ3n) is 3.66. The Labute approximate surface area is 137 Å². The molecule has 0 atom stereocenters. The molecule has 0 amide bonds. The summed E-state index contributed by atoms with van der Waals surface area (Å²) in [5, 5.41) is 4.07. The van der Waals surface area contributed by atoms with Crippen LogP contribution in [0, 0.1) is 0 Å². The summed E-state index contributed by atoms with van der Waals surface area (Å²) in [5.74, 6) is 0.602. The van der Waals surface area contributed by atoms with E-state index in [9.17, 15) is 13.2 Å². The molecule has 1 aromatic heterocycles. The minimum atomic E-state index is -4.36. The lowest BCUT2D eigenvalue weighted by Crippen LogP contribution is -2.04. The first-order chi connectivity index (χ1) is 11.5. The van der Waals surface area contributed by atoms with Crippen molar-refractivity contribution in [3.8, 4) is 22.6 Å². The fraction of sp³-hybridized carbons (Fsp3) is 0.105. The monoisotopic (exact) mass is 329 g/mol. The molecule has 0 fully saturated rings. The van der Waals surface area contributed by atoms with Crippen LogP contribution in [0.25, 0.3) is 22.6 Å². The maximum atomic E-state index is 12.7. The molecule has 2 aromatic carbocycles. The van der Waals surface area contributed by atoms with Gasteiger partial charge in [-0.1, -0.05) is 53.7 Å². The largest absolute Gasteiger partial charge is 0.416 e. The van der Waals surface area contributed by atoms with E-state index in [2.05, 4.69) is 11.7 Å². The predicted octanol–water partition coefficient (Wildman–Crippen LogP) is 5.76. The molecule has 0 unspecified atom stereocenters. The number of hydrogen-bond acceptors (Lipinski definition) is 2. The van der Waals surface area contributed by atoms with Crippen molar-refractivity contribution in [3.05, 3.63) is 78.4 Å². The second-order valence-electron chi connectivity index (χ2n) is 5.27. The fourth-order valence-corrected chi connectivity index (χ4v) is 2.50. The smallest absolute Gasteiger partial charge is 0.355 e. The maximum absolute atomic E-state index is 12.7. The summed E-state index contributed by atoms with van der Waals surface area (Å²) in [5.41, 5.74) is 2.08. The van der Waals surface area contributed by atoms with Crippen molar-refractivity contribution in [2.75, 3.05) is 0 Å². The average Bonchev–Trinajstić information content (AvgIpc) is 2.99. The zero-order valence-corrected chi connectivity index (χ0v) is 12.7. The van der Waals surface area contributed by atoms with Crippen LogP contribution in [-0.4, -0.2) is 5.16 Å². The van der Waals surface area contributed by atoms with Crippen molar-refractivity contribution in [1.82, 2.24) is 5.16 Å². The van der Waals surface area contributed by atoms with E-state index >= 15 is 0 Å². The van der Waals surface area contributed by atoms with Gasteiger partial charge in [-0.2, -0.15) is 13.2 Å². The van der Waals surface area contributed by atoms with Gasteiger partial charge in [-0.3, -0.25) is 0 Å². The Bertz CT molecular complexity index is 833. The normalized spacial score (nSPS) is 11.5. The standard InChI is InChI=1S/C19H14F3NO/c1-2-6-16-17(13-9-11-15(12-10-13)19(20,21)22)23-24-18(16)14-7-4-3-5-8-14/h2-5,7-12H,1,6H2. The van der Waals surface area contributed by atoms with Crippen LogP contribution in [0.1, 0.15) is 11.1 Å². The molecule has 122 valence electrons. The van der Waals surface area contributed by atoms with Crippen LogP contribution in [0.5, 0.6) is 0 Å². The summed E-state index contributed by atoms with van der Waals surface area (Å²) in [6.45, 7) is 3.73. The van der Waals surface area contributed by atoms with Gasteiger partial charge in [0, 0.05) is 16.7 Å². The molecular weight excluding hydrogens is 315 g/mol. The first kappa shape index (κ1) is 16.1. The lowest BCUT2D eigenvalue weighted by molar-refractivity contribution is -0.137. The molecule has 0 aliphatic heterocycles. The molecular formula is C19H14F3NO. The number of halogens is 3. The lowest BCUT2D eigenvalue weighted by atomic mass is 9.99. The van der Waals surface area contributed by atoms with E-state index in [1.165, 1.54) is 12.1 Å². The average molecular weight is 329 g/mol. The molecule has 0 radical (unpaired) electrons. The van der Waals surface area contributed by atoms with Crippen LogP contribution in [0.3, 0.4) is 0 Å². The Morgan fingerprint density at radius 1 is 0.958 bits per heavy atom. The first-order valence-corrected chi connectivity index (χ1v) is 7.33. The van der Waals surface area contributed by atoms with E-state index in [1.807, 2.05) is 30.3 Å². The highest BCUT2D eigenvalue weighted by Gasteiger charge is 2.30. The minimum Gasteiger partial charge on any atom is -0.355 e. The Morgan fingerprint density at radius 2 is 1.62 bits per heavy atom. The number of nitrogens with zero attached hydrogens (tertiary/aromatic N) is 1. The summed E-state index contributed by atoms with van der Waals surface area (Å²) < 4.78 is 43.6. The third-order valence-corrected chi connectivity index (χ3v) is 3.66. The van der Waals surface area contributed by atoms with Gasteiger partial charge in [0.2, 0.25) is 0 Å². The van der Waals surface area contributed by atoms with Crippen LogP contribution in [-0.2, 0) is 12.6 Å². The Balaban J connectivity index is 2.05. The zero-order valence-electron chi connectivity index (χ0n) is 12.7. The maximum Gasteiger partial charge on any atom is 0.416 e. The number of aromatic nitrogens is 1. The molecule has 0 spiro atoms. The summed E-state index contributed by atoms with van der Waals surface area (Å²) in [6, 6.07) is 14.3. The van der Waals surface area contributed by atoms with E-state index in [0.717, 1.165) is 23.3 Å². The van der Waals surface area contributed by atoms with Crippen LogP contribution >= 0.6 is 0 Å². The van der Waals surface area contributed by atoms with Crippen molar-refractivity contribution < 1.29 is 17.7 Å². The van der Waals surface area contributed by atoms with Crippen molar-refractivity contribution in [3.63, 3.8) is 0 Å². The van der Waals surface area contributed by atoms with Crippen molar-refractivity contribution in [2.45, 2.75) is 12.6 Å². The van der Waals surface area contributed by atoms with E-state index in [1.54, 1.807) is 6.08 Å². The molecule has 0 N–H and O–H groups in total. The molecule has 0 saturated carbocycles. The van der Waals surface area contributed by atoms with Gasteiger partial charge < -0.3 is 4.52 Å².